The van der Waals surface area contributed by atoms with Gasteiger partial charge >= 0.3 is 0 Å². The van der Waals surface area contributed by atoms with E-state index in [2.05, 4.69) is 15.3 Å². The molecule has 1 aliphatic rings. The Labute approximate surface area is 133 Å². The summed E-state index contributed by atoms with van der Waals surface area (Å²) in [7, 11) is 0. The average molecular weight is 311 g/mol. The van der Waals surface area contributed by atoms with E-state index in [0.717, 1.165) is 42.8 Å². The normalized spacial score (nSPS) is 13.3. The molecule has 3 aromatic rings. The van der Waals surface area contributed by atoms with Crippen molar-refractivity contribution in [1.82, 2.24) is 4.57 Å². The first-order valence-electron chi connectivity index (χ1n) is 7.83. The van der Waals surface area contributed by atoms with Gasteiger partial charge in [0.05, 0.1) is 13.0 Å². The Balaban J connectivity index is 1.72. The predicted octanol–water partition coefficient (Wildman–Crippen LogP) is 3.72. The summed E-state index contributed by atoms with van der Waals surface area (Å²) in [5.41, 5.74) is 3.20. The zero-order chi connectivity index (χ0) is 15.8. The molecule has 2 aromatic carbocycles. The van der Waals surface area contributed by atoms with E-state index in [1.54, 1.807) is 0 Å². The summed E-state index contributed by atoms with van der Waals surface area (Å²) in [4.78, 5) is 0. The number of rotatable bonds is 3. The van der Waals surface area contributed by atoms with Crippen LogP contribution >= 0.6 is 0 Å². The van der Waals surface area contributed by atoms with E-state index in [-0.39, 0.29) is 11.6 Å². The summed E-state index contributed by atoms with van der Waals surface area (Å²) in [6.07, 6.45) is 4.27. The molecule has 0 spiro atoms. The van der Waals surface area contributed by atoms with Crippen LogP contribution in [0, 0.1) is 11.6 Å². The van der Waals surface area contributed by atoms with Crippen molar-refractivity contribution in [1.29, 1.82) is 0 Å². The van der Waals surface area contributed by atoms with E-state index < -0.39 is 0 Å². The van der Waals surface area contributed by atoms with Crippen LogP contribution in [-0.4, -0.2) is 4.57 Å². The Morgan fingerprint density at radius 3 is 2.26 bits per heavy atom. The molecule has 0 saturated heterocycles. The summed E-state index contributed by atoms with van der Waals surface area (Å²) in [5, 5.41) is 0. The number of aromatic nitrogens is 2. The Hall–Kier alpha value is -2.49. The van der Waals surface area contributed by atoms with Crippen molar-refractivity contribution < 1.29 is 13.3 Å². The van der Waals surface area contributed by atoms with Gasteiger partial charge in [0.1, 0.15) is 24.4 Å². The molecule has 1 aromatic heterocycles. The highest BCUT2D eigenvalue weighted by Crippen LogP contribution is 2.25. The van der Waals surface area contributed by atoms with Gasteiger partial charge in [-0.05, 0) is 48.4 Å². The minimum Gasteiger partial charge on any atom is -0.229 e. The number of halogens is 2. The molecule has 0 radical (unpaired) electrons. The highest BCUT2D eigenvalue weighted by atomic mass is 19.1. The second kappa shape index (κ2) is 5.61. The van der Waals surface area contributed by atoms with Gasteiger partial charge in [0.25, 0.3) is 5.82 Å². The van der Waals surface area contributed by atoms with E-state index in [1.807, 2.05) is 24.3 Å². The van der Waals surface area contributed by atoms with Crippen molar-refractivity contribution in [3.8, 4) is 11.3 Å². The molecule has 0 atom stereocenters. The minimum absolute atomic E-state index is 0.215. The Kier molecular flexibility index (Phi) is 3.45. The molecule has 23 heavy (non-hydrogen) atoms. The zero-order valence-electron chi connectivity index (χ0n) is 12.7. The Morgan fingerprint density at radius 1 is 0.913 bits per heavy atom. The summed E-state index contributed by atoms with van der Waals surface area (Å²) in [6.45, 7) is 1.70. The van der Waals surface area contributed by atoms with E-state index in [4.69, 9.17) is 0 Å². The van der Waals surface area contributed by atoms with Crippen LogP contribution < -0.4 is 4.57 Å². The van der Waals surface area contributed by atoms with Gasteiger partial charge in [-0.3, -0.25) is 0 Å². The van der Waals surface area contributed by atoms with Crippen molar-refractivity contribution in [2.75, 3.05) is 0 Å². The molecular weight excluding hydrogens is 294 g/mol. The van der Waals surface area contributed by atoms with E-state index in [9.17, 15) is 8.78 Å². The molecule has 2 heterocycles. The third-order valence-electron chi connectivity index (χ3n) is 4.40. The quantitative estimate of drug-likeness (QED) is 0.652. The maximum atomic E-state index is 13.2. The molecule has 0 unspecified atom stereocenters. The fourth-order valence-corrected chi connectivity index (χ4v) is 3.28. The lowest BCUT2D eigenvalue weighted by atomic mass is 10.1. The van der Waals surface area contributed by atoms with Crippen LogP contribution in [0.25, 0.3) is 11.3 Å². The number of imidazole rings is 1. The van der Waals surface area contributed by atoms with E-state index in [0.29, 0.717) is 0 Å². The molecule has 0 amide bonds. The second-order valence-corrected chi connectivity index (χ2v) is 5.95. The zero-order valence-corrected chi connectivity index (χ0v) is 12.7. The Morgan fingerprint density at radius 2 is 1.57 bits per heavy atom. The monoisotopic (exact) mass is 311 g/mol. The number of nitrogens with zero attached hydrogens (tertiary/aromatic N) is 2. The number of hydrogen-bond acceptors (Lipinski definition) is 0. The maximum absolute atomic E-state index is 13.2. The highest BCUT2D eigenvalue weighted by molar-refractivity contribution is 5.58. The Bertz CT molecular complexity index is 833. The van der Waals surface area contributed by atoms with Crippen LogP contribution in [0.5, 0.6) is 0 Å². The van der Waals surface area contributed by atoms with Crippen molar-refractivity contribution in [2.45, 2.75) is 25.9 Å². The summed E-state index contributed by atoms with van der Waals surface area (Å²) >= 11 is 0. The van der Waals surface area contributed by atoms with Crippen molar-refractivity contribution in [2.24, 2.45) is 0 Å². The van der Waals surface area contributed by atoms with Crippen molar-refractivity contribution in [3.63, 3.8) is 0 Å². The van der Waals surface area contributed by atoms with Crippen LogP contribution in [0.1, 0.15) is 17.8 Å². The molecular formula is C19H17F2N2+. The predicted molar refractivity (Wildman–Crippen MR) is 83.8 cm³/mol. The van der Waals surface area contributed by atoms with E-state index in [1.165, 1.54) is 30.1 Å². The number of hydrogen-bond donors (Lipinski definition) is 0. The van der Waals surface area contributed by atoms with Gasteiger partial charge < -0.3 is 0 Å². The minimum atomic E-state index is -0.221. The SMILES string of the molecule is Fc1ccc(C[n+]2cc(-c3ccc(F)cc3)n3c2CCC3)cc1. The standard InChI is InChI=1S/C19H17F2N2/c20-16-7-3-14(4-8-16)12-22-13-18(23-11-1-2-19(22)23)15-5-9-17(21)10-6-15/h3-10,13H,1-2,11-12H2/q+1. The molecule has 116 valence electrons. The van der Waals surface area contributed by atoms with Crippen LogP contribution in [0.15, 0.2) is 54.7 Å². The summed E-state index contributed by atoms with van der Waals surface area (Å²) in [5.74, 6) is 0.836. The fourth-order valence-electron chi connectivity index (χ4n) is 3.28. The second-order valence-electron chi connectivity index (χ2n) is 5.95. The molecule has 0 fully saturated rings. The first-order valence-corrected chi connectivity index (χ1v) is 7.83. The van der Waals surface area contributed by atoms with Crippen molar-refractivity contribution in [3.05, 3.63) is 77.8 Å². The maximum Gasteiger partial charge on any atom is 0.257 e. The third-order valence-corrected chi connectivity index (χ3v) is 4.40. The van der Waals surface area contributed by atoms with Crippen LogP contribution in [-0.2, 0) is 19.5 Å². The topological polar surface area (TPSA) is 8.81 Å². The van der Waals surface area contributed by atoms with Gasteiger partial charge in [0, 0.05) is 5.56 Å². The summed E-state index contributed by atoms with van der Waals surface area (Å²) < 4.78 is 30.7. The average Bonchev–Trinajstić information content (AvgIpc) is 3.14. The van der Waals surface area contributed by atoms with Gasteiger partial charge in [-0.15, -0.1) is 0 Å². The smallest absolute Gasteiger partial charge is 0.229 e. The van der Waals surface area contributed by atoms with Gasteiger partial charge in [-0.1, -0.05) is 12.1 Å². The van der Waals surface area contributed by atoms with E-state index >= 15 is 0 Å². The molecule has 0 bridgehead atoms. The first kappa shape index (κ1) is 14.1. The highest BCUT2D eigenvalue weighted by Gasteiger charge is 2.28. The lowest BCUT2D eigenvalue weighted by Gasteiger charge is -1.99. The summed E-state index contributed by atoms with van der Waals surface area (Å²) in [6, 6.07) is 13.2. The largest absolute Gasteiger partial charge is 0.257 e. The van der Waals surface area contributed by atoms with Crippen LogP contribution in [0.4, 0.5) is 8.78 Å². The van der Waals surface area contributed by atoms with Gasteiger partial charge in [-0.2, -0.15) is 0 Å². The van der Waals surface area contributed by atoms with Crippen molar-refractivity contribution >= 4 is 0 Å². The fraction of sp³-hybridized carbons (Fsp3) is 0.211. The molecule has 4 heteroatoms. The van der Waals surface area contributed by atoms with Gasteiger partial charge in [0.2, 0.25) is 0 Å². The molecule has 0 saturated carbocycles. The van der Waals surface area contributed by atoms with Gasteiger partial charge in [-0.25, -0.2) is 17.9 Å². The molecule has 1 aliphatic heterocycles. The molecule has 0 N–H and O–H groups in total. The van der Waals surface area contributed by atoms with Gasteiger partial charge in [0.15, 0.2) is 5.69 Å². The molecule has 4 rings (SSSR count). The molecule has 0 aliphatic carbocycles. The van der Waals surface area contributed by atoms with Crippen LogP contribution in [0.3, 0.4) is 0 Å². The van der Waals surface area contributed by atoms with Crippen LogP contribution in [0.2, 0.25) is 0 Å². The lowest BCUT2D eigenvalue weighted by Crippen LogP contribution is -2.36. The number of benzene rings is 2. The lowest BCUT2D eigenvalue weighted by molar-refractivity contribution is -0.694. The third kappa shape index (κ3) is 2.65. The number of fused-ring (bicyclic) bond motifs is 1. The first-order chi connectivity index (χ1) is 11.2. The molecule has 2 nitrogen and oxygen atoms in total.